The third-order valence-corrected chi connectivity index (χ3v) is 4.91. The SMILES string of the molecule is C1CC[C@@H](N2CCCC2)C(N2CCCC2)C1. The van der Waals surface area contributed by atoms with Crippen LogP contribution in [-0.2, 0) is 0 Å². The fourth-order valence-electron chi connectivity index (χ4n) is 4.09. The maximum atomic E-state index is 2.81. The predicted molar refractivity (Wildman–Crippen MR) is 67.7 cm³/mol. The minimum Gasteiger partial charge on any atom is -0.299 e. The second-order valence-electron chi connectivity index (χ2n) is 5.91. The molecule has 2 heteroatoms. The van der Waals surface area contributed by atoms with Crippen LogP contribution in [0.5, 0.6) is 0 Å². The minimum atomic E-state index is 0.911. The first-order valence-electron chi connectivity index (χ1n) is 7.43. The van der Waals surface area contributed by atoms with E-state index in [0.717, 1.165) is 12.1 Å². The Kier molecular flexibility index (Phi) is 3.49. The molecule has 1 aliphatic carbocycles. The molecule has 3 aliphatic rings. The number of likely N-dealkylation sites (tertiary alicyclic amines) is 2. The van der Waals surface area contributed by atoms with Gasteiger partial charge in [0.25, 0.3) is 0 Å². The van der Waals surface area contributed by atoms with Gasteiger partial charge in [0.1, 0.15) is 0 Å². The maximum Gasteiger partial charge on any atom is 0.0251 e. The van der Waals surface area contributed by atoms with Crippen LogP contribution in [0.25, 0.3) is 0 Å². The summed E-state index contributed by atoms with van der Waals surface area (Å²) in [6, 6.07) is 1.82. The number of hydrogen-bond acceptors (Lipinski definition) is 2. The highest BCUT2D eigenvalue weighted by molar-refractivity contribution is 4.92. The van der Waals surface area contributed by atoms with E-state index >= 15 is 0 Å². The lowest BCUT2D eigenvalue weighted by Crippen LogP contribution is -2.51. The Morgan fingerprint density at radius 2 is 0.875 bits per heavy atom. The van der Waals surface area contributed by atoms with Crippen molar-refractivity contribution in [2.45, 2.75) is 63.5 Å². The lowest BCUT2D eigenvalue weighted by molar-refractivity contribution is 0.0754. The smallest absolute Gasteiger partial charge is 0.0251 e. The number of nitrogens with zero attached hydrogens (tertiary/aromatic N) is 2. The van der Waals surface area contributed by atoms with Crippen LogP contribution in [-0.4, -0.2) is 48.1 Å². The fourth-order valence-corrected chi connectivity index (χ4v) is 4.09. The molecule has 1 unspecified atom stereocenters. The summed E-state index contributed by atoms with van der Waals surface area (Å²) in [5, 5.41) is 0. The van der Waals surface area contributed by atoms with Gasteiger partial charge in [-0.25, -0.2) is 0 Å². The molecule has 3 rings (SSSR count). The largest absolute Gasteiger partial charge is 0.299 e. The van der Waals surface area contributed by atoms with E-state index in [0.29, 0.717) is 0 Å². The standard InChI is InChI=1S/C14H26N2/c1-2-8-14(16-11-5-6-12-16)13(7-1)15-9-3-4-10-15/h13-14H,1-12H2/t13-,14?/m1/s1. The molecule has 0 N–H and O–H groups in total. The van der Waals surface area contributed by atoms with E-state index in [1.807, 2.05) is 0 Å². The summed E-state index contributed by atoms with van der Waals surface area (Å²) < 4.78 is 0. The van der Waals surface area contributed by atoms with Gasteiger partial charge in [0, 0.05) is 12.1 Å². The molecule has 0 bridgehead atoms. The van der Waals surface area contributed by atoms with Gasteiger partial charge < -0.3 is 0 Å². The maximum absolute atomic E-state index is 2.81. The molecule has 0 spiro atoms. The van der Waals surface area contributed by atoms with Gasteiger partial charge >= 0.3 is 0 Å². The first-order valence-corrected chi connectivity index (χ1v) is 7.43. The molecule has 2 aliphatic heterocycles. The molecule has 2 nitrogen and oxygen atoms in total. The molecular weight excluding hydrogens is 196 g/mol. The van der Waals surface area contributed by atoms with Gasteiger partial charge in [-0.05, 0) is 64.7 Å². The Morgan fingerprint density at radius 1 is 0.500 bits per heavy atom. The van der Waals surface area contributed by atoms with Crippen molar-refractivity contribution in [1.82, 2.24) is 9.80 Å². The number of hydrogen-bond donors (Lipinski definition) is 0. The summed E-state index contributed by atoms with van der Waals surface area (Å²) in [5.74, 6) is 0. The van der Waals surface area contributed by atoms with E-state index in [9.17, 15) is 0 Å². The predicted octanol–water partition coefficient (Wildman–Crippen LogP) is 2.49. The minimum absolute atomic E-state index is 0.911. The van der Waals surface area contributed by atoms with Gasteiger partial charge in [0.2, 0.25) is 0 Å². The summed E-state index contributed by atoms with van der Waals surface area (Å²) in [4.78, 5) is 5.62. The van der Waals surface area contributed by atoms with Crippen molar-refractivity contribution in [2.75, 3.05) is 26.2 Å². The lowest BCUT2D eigenvalue weighted by atomic mass is 9.88. The van der Waals surface area contributed by atoms with Gasteiger partial charge in [-0.3, -0.25) is 9.80 Å². The second-order valence-corrected chi connectivity index (χ2v) is 5.91. The first kappa shape index (κ1) is 11.0. The summed E-state index contributed by atoms with van der Waals surface area (Å²) in [5.41, 5.74) is 0. The highest BCUT2D eigenvalue weighted by Crippen LogP contribution is 2.31. The molecule has 0 aromatic heterocycles. The summed E-state index contributed by atoms with van der Waals surface area (Å²) in [7, 11) is 0. The normalized spacial score (nSPS) is 38.2. The Bertz CT molecular complexity index is 193. The molecule has 16 heavy (non-hydrogen) atoms. The molecule has 0 aromatic rings. The Morgan fingerprint density at radius 3 is 1.25 bits per heavy atom. The van der Waals surface area contributed by atoms with E-state index in [4.69, 9.17) is 0 Å². The van der Waals surface area contributed by atoms with Crippen LogP contribution in [0, 0.1) is 0 Å². The third-order valence-electron chi connectivity index (χ3n) is 4.91. The molecule has 0 aromatic carbocycles. The summed E-state index contributed by atoms with van der Waals surface area (Å²) in [6.07, 6.45) is 11.7. The van der Waals surface area contributed by atoms with Crippen molar-refractivity contribution in [3.05, 3.63) is 0 Å². The van der Waals surface area contributed by atoms with Crippen LogP contribution in [0.3, 0.4) is 0 Å². The topological polar surface area (TPSA) is 6.48 Å². The highest BCUT2D eigenvalue weighted by atomic mass is 15.3. The monoisotopic (exact) mass is 222 g/mol. The lowest BCUT2D eigenvalue weighted by Gasteiger charge is -2.42. The molecule has 3 fully saturated rings. The van der Waals surface area contributed by atoms with Gasteiger partial charge in [-0.1, -0.05) is 12.8 Å². The number of rotatable bonds is 2. The Hall–Kier alpha value is -0.0800. The molecule has 2 saturated heterocycles. The third kappa shape index (κ3) is 2.14. The van der Waals surface area contributed by atoms with E-state index in [2.05, 4.69) is 9.80 Å². The fraction of sp³-hybridized carbons (Fsp3) is 1.00. The average Bonchev–Trinajstić information content (AvgIpc) is 3.03. The molecule has 2 heterocycles. The van der Waals surface area contributed by atoms with Crippen molar-refractivity contribution in [1.29, 1.82) is 0 Å². The second kappa shape index (κ2) is 5.05. The van der Waals surface area contributed by atoms with Gasteiger partial charge in [0.15, 0.2) is 0 Å². The summed E-state index contributed by atoms with van der Waals surface area (Å²) >= 11 is 0. The Balaban J connectivity index is 1.67. The first-order chi connectivity index (χ1) is 7.95. The van der Waals surface area contributed by atoms with E-state index in [1.54, 1.807) is 0 Å². The van der Waals surface area contributed by atoms with Crippen LogP contribution < -0.4 is 0 Å². The van der Waals surface area contributed by atoms with Crippen LogP contribution >= 0.6 is 0 Å². The van der Waals surface area contributed by atoms with Crippen LogP contribution in [0.15, 0.2) is 0 Å². The van der Waals surface area contributed by atoms with Crippen molar-refractivity contribution in [3.8, 4) is 0 Å². The van der Waals surface area contributed by atoms with Crippen LogP contribution in [0.4, 0.5) is 0 Å². The summed E-state index contributed by atoms with van der Waals surface area (Å²) in [6.45, 7) is 5.54. The van der Waals surface area contributed by atoms with Gasteiger partial charge in [-0.2, -0.15) is 0 Å². The molecule has 92 valence electrons. The quantitative estimate of drug-likeness (QED) is 0.708. The van der Waals surface area contributed by atoms with Gasteiger partial charge in [-0.15, -0.1) is 0 Å². The highest BCUT2D eigenvalue weighted by Gasteiger charge is 2.35. The van der Waals surface area contributed by atoms with Crippen LogP contribution in [0.1, 0.15) is 51.4 Å². The molecule has 0 radical (unpaired) electrons. The van der Waals surface area contributed by atoms with Crippen LogP contribution in [0.2, 0.25) is 0 Å². The Labute approximate surface area is 100.0 Å². The van der Waals surface area contributed by atoms with E-state index in [-0.39, 0.29) is 0 Å². The molecule has 2 atom stereocenters. The van der Waals surface area contributed by atoms with Crippen molar-refractivity contribution in [2.24, 2.45) is 0 Å². The zero-order valence-electron chi connectivity index (χ0n) is 10.5. The van der Waals surface area contributed by atoms with E-state index in [1.165, 1.54) is 77.5 Å². The molecule has 1 saturated carbocycles. The molecule has 0 amide bonds. The van der Waals surface area contributed by atoms with E-state index < -0.39 is 0 Å². The van der Waals surface area contributed by atoms with Crippen molar-refractivity contribution < 1.29 is 0 Å². The van der Waals surface area contributed by atoms with Crippen molar-refractivity contribution in [3.63, 3.8) is 0 Å². The zero-order valence-corrected chi connectivity index (χ0v) is 10.5. The molecular formula is C14H26N2. The average molecular weight is 222 g/mol. The van der Waals surface area contributed by atoms with Crippen molar-refractivity contribution >= 4 is 0 Å². The zero-order chi connectivity index (χ0) is 10.8. The van der Waals surface area contributed by atoms with Gasteiger partial charge in [0.05, 0.1) is 0 Å².